The summed E-state index contributed by atoms with van der Waals surface area (Å²) in [6, 6.07) is 63.0. The van der Waals surface area contributed by atoms with E-state index in [4.69, 9.17) is 39.9 Å². The lowest BCUT2D eigenvalue weighted by atomic mass is 10.1. The van der Waals surface area contributed by atoms with Crippen LogP contribution >= 0.6 is 0 Å². The van der Waals surface area contributed by atoms with Crippen molar-refractivity contribution in [2.45, 2.75) is 179 Å². The van der Waals surface area contributed by atoms with Gasteiger partial charge in [-0.2, -0.15) is 0 Å². The van der Waals surface area contributed by atoms with Crippen molar-refractivity contribution in [1.29, 1.82) is 0 Å². The van der Waals surface area contributed by atoms with E-state index in [1.807, 2.05) is 240 Å². The number of rotatable bonds is 9. The van der Waals surface area contributed by atoms with E-state index < -0.39 is 63.2 Å². The average molecular weight is 1780 g/mol. The zero-order chi connectivity index (χ0) is 103. The first-order valence-corrected chi connectivity index (χ1v) is 44.7. The first-order valence-electron chi connectivity index (χ1n) is 51.2. The van der Waals surface area contributed by atoms with Crippen LogP contribution in [0.15, 0.2) is 278 Å². The molecule has 0 radical (unpaired) electrons. The number of pyridine rings is 2. The molecule has 7 atom stereocenters. The molecule has 15 heterocycles. The predicted octanol–water partition coefficient (Wildman–Crippen LogP) is 27.4. The molecule has 0 N–H and O–H groups in total. The van der Waals surface area contributed by atoms with Crippen LogP contribution in [0.1, 0.15) is 136 Å². The summed E-state index contributed by atoms with van der Waals surface area (Å²) in [5.41, 5.74) is 19.4. The molecular formula is C110H108N18O5. The number of fused-ring (bicyclic) bond motifs is 20. The minimum Gasteiger partial charge on any atom is -0.454 e. The number of nitrogens with zero attached hydrogens (tertiary/aromatic N) is 18. The second kappa shape index (κ2) is 33.3. The summed E-state index contributed by atoms with van der Waals surface area (Å²) in [6.45, 7) is 23.0. The SMILES string of the molecule is [2H]C(C)(C)N1c2ncccc2N(c2c(C)ccc3c2oc2ccccc23)[C@H]1C.[2H]C(C)(C)N1c2nccnc2N(c2c(C)ccc3c2oc2ccccc23)[C@H]1C.[2H]C([2H])([2H])C([2H])(C)N1c2ncccc2N(c2c(C)ccc3c2oc2ccccc23)[C@H]1C.[2H]C([2H])([2H])C([2H])(C)N1c2nccnc2N(c2c(C)ccc3c2oc2ccccc23)[C@H]1C.[2H]C([2H])([2H])N1c2nccnc2N(c2c(C)ccc3c2oc2ccccc23)[C@H]1C. The van der Waals surface area contributed by atoms with Crippen LogP contribution in [0.2, 0.25) is 0 Å². The fourth-order valence-electron chi connectivity index (χ4n) is 20.3. The molecule has 20 aromatic rings. The van der Waals surface area contributed by atoms with Gasteiger partial charge in [-0.15, -0.1) is 0 Å². The van der Waals surface area contributed by atoms with Crippen molar-refractivity contribution in [2.24, 2.45) is 0 Å². The second-order valence-electron chi connectivity index (χ2n) is 34.8. The maximum absolute atomic E-state index is 8.77. The normalized spacial score (nSPS) is 19.5. The molecular weight excluding hydrogens is 1650 g/mol. The number of aryl methyl sites for hydroxylation is 5. The van der Waals surface area contributed by atoms with Gasteiger partial charge in [0.1, 0.15) is 58.7 Å². The highest BCUT2D eigenvalue weighted by Crippen LogP contribution is 2.55. The molecule has 133 heavy (non-hydrogen) atoms. The number of aromatic nitrogens is 8. The summed E-state index contributed by atoms with van der Waals surface area (Å²) in [7, 11) is 0. The molecule has 10 aromatic carbocycles. The Hall–Kier alpha value is -15.3. The largest absolute Gasteiger partial charge is 0.454 e. The molecule has 0 saturated carbocycles. The summed E-state index contributed by atoms with van der Waals surface area (Å²) in [5.74, 6) is 4.54. The van der Waals surface area contributed by atoms with Gasteiger partial charge < -0.3 is 56.4 Å². The van der Waals surface area contributed by atoms with E-state index in [1.165, 1.54) is 36.0 Å². The van der Waals surface area contributed by atoms with Crippen LogP contribution in [-0.4, -0.2) is 102 Å². The number of hydrogen-bond acceptors (Lipinski definition) is 23. The van der Waals surface area contributed by atoms with Gasteiger partial charge in [-0.1, -0.05) is 152 Å². The number of hydrogen-bond donors (Lipinski definition) is 0. The third-order valence-electron chi connectivity index (χ3n) is 26.1. The molecule has 2 unspecified atom stereocenters. The maximum atomic E-state index is 8.77. The van der Waals surface area contributed by atoms with Gasteiger partial charge in [-0.3, -0.25) is 14.7 Å². The Bertz CT molecular complexity index is 7880. The number of anilines is 15. The van der Waals surface area contributed by atoms with Crippen molar-refractivity contribution in [1.82, 2.24) is 39.9 Å². The van der Waals surface area contributed by atoms with Crippen LogP contribution in [0.4, 0.5) is 86.4 Å². The lowest BCUT2D eigenvalue weighted by molar-refractivity contribution is 0.598. The van der Waals surface area contributed by atoms with E-state index in [2.05, 4.69) is 137 Å². The number of benzene rings is 10. The summed E-state index contributed by atoms with van der Waals surface area (Å²) in [6.07, 6.45) is 11.4. The Labute approximate surface area is 791 Å². The van der Waals surface area contributed by atoms with Crippen molar-refractivity contribution < 1.29 is 39.9 Å². The lowest BCUT2D eigenvalue weighted by Crippen LogP contribution is -2.42. The van der Waals surface area contributed by atoms with E-state index in [0.29, 0.717) is 34.7 Å². The Kier molecular flexibility index (Phi) is 17.7. The minimum absolute atomic E-state index is 0.0603. The van der Waals surface area contributed by atoms with Crippen molar-refractivity contribution in [3.05, 3.63) is 284 Å². The van der Waals surface area contributed by atoms with Crippen molar-refractivity contribution >= 4 is 196 Å². The number of para-hydroxylation sites is 5. The van der Waals surface area contributed by atoms with Crippen molar-refractivity contribution in [3.8, 4) is 0 Å². The fourth-order valence-corrected chi connectivity index (χ4v) is 20.3. The van der Waals surface area contributed by atoms with Gasteiger partial charge in [-0.25, -0.2) is 39.9 Å². The van der Waals surface area contributed by atoms with Crippen LogP contribution in [0.5, 0.6) is 0 Å². The first kappa shape index (κ1) is 70.6. The molecule has 10 aromatic heterocycles. The van der Waals surface area contributed by atoms with E-state index in [-0.39, 0.29) is 12.3 Å². The van der Waals surface area contributed by atoms with Crippen LogP contribution < -0.4 is 49.0 Å². The third kappa shape index (κ3) is 13.6. The van der Waals surface area contributed by atoms with Crippen LogP contribution in [0.25, 0.3) is 110 Å². The van der Waals surface area contributed by atoms with Gasteiger partial charge in [0.15, 0.2) is 74.5 Å². The monoisotopic (exact) mass is 1770 g/mol. The Morgan fingerprint density at radius 3 is 0.789 bits per heavy atom. The van der Waals surface area contributed by atoms with Crippen molar-refractivity contribution in [3.63, 3.8) is 0 Å². The average Bonchev–Trinajstić information content (AvgIpc) is 1.59. The summed E-state index contributed by atoms with van der Waals surface area (Å²) in [4.78, 5) is 54.8. The second-order valence-corrected chi connectivity index (χ2v) is 34.8. The molecule has 5 aliphatic heterocycles. The molecule has 25 rings (SSSR count). The smallest absolute Gasteiger partial charge is 0.178 e. The summed E-state index contributed by atoms with van der Waals surface area (Å²) >= 11 is 0. The fraction of sp³-hybridized carbons (Fsp3) is 0.255. The van der Waals surface area contributed by atoms with Gasteiger partial charge >= 0.3 is 0 Å². The molecule has 0 saturated heterocycles. The first-order chi connectivity index (χ1) is 69.4. The highest BCUT2D eigenvalue weighted by Gasteiger charge is 2.45. The molecule has 23 heteroatoms. The van der Waals surface area contributed by atoms with Crippen molar-refractivity contribution in [2.75, 3.05) is 56.0 Å². The molecule has 5 aliphatic rings. The van der Waals surface area contributed by atoms with Gasteiger partial charge in [-0.05, 0) is 207 Å². The highest BCUT2D eigenvalue weighted by atomic mass is 16.3. The summed E-state index contributed by atoms with van der Waals surface area (Å²) < 4.78 is 138. The third-order valence-corrected chi connectivity index (χ3v) is 26.1. The van der Waals surface area contributed by atoms with Gasteiger partial charge in [0.05, 0.1) is 45.3 Å². The van der Waals surface area contributed by atoms with Gasteiger partial charge in [0.25, 0.3) is 0 Å². The van der Waals surface area contributed by atoms with Gasteiger partial charge in [0, 0.05) is 147 Å². The lowest BCUT2D eigenvalue weighted by Gasteiger charge is -2.33. The predicted molar refractivity (Wildman–Crippen MR) is 544 cm³/mol. The summed E-state index contributed by atoms with van der Waals surface area (Å²) in [5, 5.41) is 10.4. The molecule has 0 amide bonds. The van der Waals surface area contributed by atoms with E-state index in [1.54, 1.807) is 42.1 Å². The molecule has 0 bridgehead atoms. The molecule has 23 nitrogen and oxygen atoms in total. The Balaban J connectivity index is 0.000000107. The van der Waals surface area contributed by atoms with E-state index in [0.717, 1.165) is 189 Å². The van der Waals surface area contributed by atoms with Crippen LogP contribution in [0, 0.1) is 34.6 Å². The Morgan fingerprint density at radius 2 is 0.489 bits per heavy atom. The van der Waals surface area contributed by atoms with Crippen LogP contribution in [-0.2, 0) is 0 Å². The van der Waals surface area contributed by atoms with Gasteiger partial charge in [0.2, 0.25) is 0 Å². The van der Waals surface area contributed by atoms with Crippen LogP contribution in [0.3, 0.4) is 0 Å². The molecule has 668 valence electrons. The molecule has 0 spiro atoms. The van der Waals surface area contributed by atoms with E-state index >= 15 is 0 Å². The van der Waals surface area contributed by atoms with E-state index in [9.17, 15) is 0 Å². The highest BCUT2D eigenvalue weighted by molar-refractivity contribution is 6.16. The molecule has 0 aliphatic carbocycles. The standard InChI is InChI=1S/2C23H23N3O.2C22H22N4O.C20H18N4O/c2*1-14(2)25-16(4)26(19-9-7-13-24-23(19)25)21-15(3)11-12-18-17-8-5-6-10-20(17)27-22(18)21;2*1-13(2)25-15(4)26(22-21(25)23-11-12-24-22)19-14(3)9-10-17-16-7-5-6-8-18(16)27-20(17)19;1-12-8-9-15-14-6-4-5-7-16(14)25-18(15)17(12)24-13(2)23(3)19-20(24)22-11-10-21-19/h2*5-14,16H,1-4H3;2*5-13,15H,1-4H3;4-11,13H,1-3H3/t2*16-;2*15-;13-/m00000/s1/i1D3,14D;14D;1D3,13D;13D;3D3/t14?,16-;m;13?,15-;2m. The Morgan fingerprint density at radius 1 is 0.248 bits per heavy atom. The maximum Gasteiger partial charge on any atom is 0.178 e. The zero-order valence-electron chi connectivity index (χ0n) is 89.7. The minimum atomic E-state index is -2.55. The topological polar surface area (TPSA) is 201 Å². The quantitative estimate of drug-likeness (QED) is 0.132. The zero-order valence-corrected chi connectivity index (χ0v) is 76.7. The molecule has 0 fully saturated rings. The number of furan rings is 5.